The van der Waals surface area contributed by atoms with Gasteiger partial charge in [0.25, 0.3) is 0 Å². The molecule has 1 atom stereocenters. The van der Waals surface area contributed by atoms with E-state index in [1.54, 1.807) is 41.3 Å². The maximum absolute atomic E-state index is 13.2. The number of rotatable bonds is 12. The van der Waals surface area contributed by atoms with Crippen molar-refractivity contribution < 1.29 is 14.3 Å². The Morgan fingerprint density at radius 2 is 1.59 bits per heavy atom. The van der Waals surface area contributed by atoms with Crippen LogP contribution in [0.5, 0.6) is 5.75 Å². The lowest BCUT2D eigenvalue weighted by Gasteiger charge is -2.31. The maximum atomic E-state index is 13.2. The number of amides is 2. The maximum Gasteiger partial charge on any atom is 0.242 e. The number of carbonyl (C=O) groups is 2. The van der Waals surface area contributed by atoms with Crippen molar-refractivity contribution in [1.82, 2.24) is 10.2 Å². The summed E-state index contributed by atoms with van der Waals surface area (Å²) in [4.78, 5) is 27.7. The zero-order valence-corrected chi connectivity index (χ0v) is 20.5. The monoisotopic (exact) mass is 478 g/mol. The molecule has 2 aromatic carbocycles. The Morgan fingerprint density at radius 3 is 2.16 bits per heavy atom. The molecule has 2 rings (SSSR count). The van der Waals surface area contributed by atoms with Crippen LogP contribution in [0, 0.1) is 5.92 Å². The number of ether oxygens (including phenoxy) is 1. The van der Waals surface area contributed by atoms with Gasteiger partial charge in [0, 0.05) is 29.6 Å². The molecule has 0 spiro atoms. The van der Waals surface area contributed by atoms with Gasteiger partial charge in [-0.15, -0.1) is 0 Å². The van der Waals surface area contributed by atoms with E-state index in [4.69, 9.17) is 27.9 Å². The Labute approximate surface area is 201 Å². The zero-order valence-electron chi connectivity index (χ0n) is 18.9. The van der Waals surface area contributed by atoms with E-state index in [9.17, 15) is 9.59 Å². The number of hydrogen-bond acceptors (Lipinski definition) is 3. The molecule has 0 saturated carbocycles. The first-order valence-electron chi connectivity index (χ1n) is 11.0. The highest BCUT2D eigenvalue weighted by atomic mass is 35.5. The van der Waals surface area contributed by atoms with Gasteiger partial charge in [-0.1, -0.05) is 56.1 Å². The third-order valence-electron chi connectivity index (χ3n) is 4.95. The summed E-state index contributed by atoms with van der Waals surface area (Å²) < 4.78 is 5.70. The number of carbonyl (C=O) groups excluding carboxylic acids is 2. The first kappa shape index (κ1) is 26.0. The standard InChI is InChI=1S/C25H32Cl2N2O3/c1-4-23(25(31)28-16-18(2)3)29(17-19-7-9-20(26)10-8-19)24(30)6-5-15-32-22-13-11-21(27)12-14-22/h7-14,18,23H,4-6,15-17H2,1-3H3,(H,28,31)/t23-/m1/s1. The van der Waals surface area contributed by atoms with Crippen molar-refractivity contribution in [2.45, 2.75) is 52.6 Å². The minimum absolute atomic E-state index is 0.0776. The molecule has 0 bridgehead atoms. The summed E-state index contributed by atoms with van der Waals surface area (Å²) in [5.41, 5.74) is 0.926. The molecule has 1 N–H and O–H groups in total. The molecule has 7 heteroatoms. The number of hydrogen-bond donors (Lipinski definition) is 1. The van der Waals surface area contributed by atoms with E-state index in [1.807, 2.05) is 32.9 Å². The minimum Gasteiger partial charge on any atom is -0.494 e. The van der Waals surface area contributed by atoms with E-state index < -0.39 is 6.04 Å². The Kier molecular flexibility index (Phi) is 10.8. The van der Waals surface area contributed by atoms with Crippen molar-refractivity contribution in [2.24, 2.45) is 5.92 Å². The number of nitrogens with one attached hydrogen (secondary N) is 1. The van der Waals surface area contributed by atoms with Crippen LogP contribution in [0.3, 0.4) is 0 Å². The van der Waals surface area contributed by atoms with Gasteiger partial charge in [0.05, 0.1) is 6.61 Å². The first-order chi connectivity index (χ1) is 15.3. The Morgan fingerprint density at radius 1 is 1.00 bits per heavy atom. The molecule has 0 aliphatic rings. The Hall–Kier alpha value is -2.24. The van der Waals surface area contributed by atoms with Crippen molar-refractivity contribution in [3.05, 3.63) is 64.1 Å². The lowest BCUT2D eigenvalue weighted by atomic mass is 10.1. The predicted octanol–water partition coefficient (Wildman–Crippen LogP) is 5.73. The fourth-order valence-electron chi connectivity index (χ4n) is 3.22. The van der Waals surface area contributed by atoms with Crippen molar-refractivity contribution >= 4 is 35.0 Å². The Bertz CT molecular complexity index is 854. The first-order valence-corrected chi connectivity index (χ1v) is 11.8. The molecule has 32 heavy (non-hydrogen) atoms. The molecule has 0 aliphatic carbocycles. The van der Waals surface area contributed by atoms with E-state index in [2.05, 4.69) is 5.32 Å². The van der Waals surface area contributed by atoms with E-state index in [0.717, 1.165) is 5.56 Å². The smallest absolute Gasteiger partial charge is 0.242 e. The van der Waals surface area contributed by atoms with Crippen molar-refractivity contribution in [1.29, 1.82) is 0 Å². The van der Waals surface area contributed by atoms with Crippen molar-refractivity contribution in [3.63, 3.8) is 0 Å². The molecule has 2 amide bonds. The van der Waals surface area contributed by atoms with Gasteiger partial charge in [0.2, 0.25) is 11.8 Å². The van der Waals surface area contributed by atoms with Crippen molar-refractivity contribution in [3.8, 4) is 5.75 Å². The summed E-state index contributed by atoms with van der Waals surface area (Å²) in [6, 6.07) is 13.9. The second-order valence-electron chi connectivity index (χ2n) is 8.12. The summed E-state index contributed by atoms with van der Waals surface area (Å²) in [7, 11) is 0. The van der Waals surface area contributed by atoms with Gasteiger partial charge >= 0.3 is 0 Å². The average Bonchev–Trinajstić information content (AvgIpc) is 2.77. The van der Waals surface area contributed by atoms with Crippen LogP contribution in [0.1, 0.15) is 45.6 Å². The highest BCUT2D eigenvalue weighted by Gasteiger charge is 2.28. The van der Waals surface area contributed by atoms with E-state index in [-0.39, 0.29) is 18.2 Å². The number of nitrogens with zero attached hydrogens (tertiary/aromatic N) is 1. The van der Waals surface area contributed by atoms with E-state index >= 15 is 0 Å². The molecule has 0 radical (unpaired) electrons. The SMILES string of the molecule is CC[C@H](C(=O)NCC(C)C)N(Cc1ccc(Cl)cc1)C(=O)CCCOc1ccc(Cl)cc1. The van der Waals surface area contributed by atoms with Crippen LogP contribution in [0.2, 0.25) is 10.0 Å². The van der Waals surface area contributed by atoms with Gasteiger partial charge in [-0.3, -0.25) is 9.59 Å². The normalized spacial score (nSPS) is 11.8. The summed E-state index contributed by atoms with van der Waals surface area (Å²) >= 11 is 11.9. The summed E-state index contributed by atoms with van der Waals surface area (Å²) in [5, 5.41) is 4.24. The summed E-state index contributed by atoms with van der Waals surface area (Å²) in [6.45, 7) is 7.33. The van der Waals surface area contributed by atoms with E-state index in [0.29, 0.717) is 54.3 Å². The summed E-state index contributed by atoms with van der Waals surface area (Å²) in [6.07, 6.45) is 1.36. The van der Waals surface area contributed by atoms with Gasteiger partial charge in [-0.25, -0.2) is 0 Å². The largest absolute Gasteiger partial charge is 0.494 e. The molecule has 174 valence electrons. The van der Waals surface area contributed by atoms with Gasteiger partial charge in [-0.05, 0) is 60.7 Å². The van der Waals surface area contributed by atoms with Crippen LogP contribution < -0.4 is 10.1 Å². The summed E-state index contributed by atoms with van der Waals surface area (Å²) in [5.74, 6) is 0.841. The predicted molar refractivity (Wildman–Crippen MR) is 130 cm³/mol. The fraction of sp³-hybridized carbons (Fsp3) is 0.440. The minimum atomic E-state index is -0.533. The van der Waals surface area contributed by atoms with Crippen LogP contribution in [0.4, 0.5) is 0 Å². The van der Waals surface area contributed by atoms with Gasteiger partial charge in [0.15, 0.2) is 0 Å². The second kappa shape index (κ2) is 13.3. The van der Waals surface area contributed by atoms with Crippen LogP contribution in [-0.4, -0.2) is 35.9 Å². The molecule has 0 aliphatic heterocycles. The van der Waals surface area contributed by atoms with E-state index in [1.165, 1.54) is 0 Å². The fourth-order valence-corrected chi connectivity index (χ4v) is 3.47. The molecule has 0 saturated heterocycles. The third-order valence-corrected chi connectivity index (χ3v) is 5.46. The molecular formula is C25H32Cl2N2O3. The topological polar surface area (TPSA) is 58.6 Å². The van der Waals surface area contributed by atoms with Crippen molar-refractivity contribution in [2.75, 3.05) is 13.2 Å². The highest BCUT2D eigenvalue weighted by molar-refractivity contribution is 6.30. The molecule has 2 aromatic rings. The zero-order chi connectivity index (χ0) is 23.5. The molecule has 0 fully saturated rings. The van der Waals surface area contributed by atoms with Crippen LogP contribution >= 0.6 is 23.2 Å². The molecule has 0 unspecified atom stereocenters. The number of benzene rings is 2. The van der Waals surface area contributed by atoms with Gasteiger partial charge in [-0.2, -0.15) is 0 Å². The Balaban J connectivity index is 2.03. The lowest BCUT2D eigenvalue weighted by molar-refractivity contribution is -0.141. The van der Waals surface area contributed by atoms with Crippen LogP contribution in [-0.2, 0) is 16.1 Å². The quantitative estimate of drug-likeness (QED) is 0.396. The molecule has 5 nitrogen and oxygen atoms in total. The van der Waals surface area contributed by atoms with Gasteiger partial charge in [0.1, 0.15) is 11.8 Å². The molecule has 0 heterocycles. The average molecular weight is 479 g/mol. The second-order valence-corrected chi connectivity index (χ2v) is 8.99. The van der Waals surface area contributed by atoms with Crippen LogP contribution in [0.25, 0.3) is 0 Å². The lowest BCUT2D eigenvalue weighted by Crippen LogP contribution is -2.49. The van der Waals surface area contributed by atoms with Gasteiger partial charge < -0.3 is 15.0 Å². The highest BCUT2D eigenvalue weighted by Crippen LogP contribution is 2.18. The number of halogens is 2. The molecular weight excluding hydrogens is 447 g/mol. The molecule has 0 aromatic heterocycles. The van der Waals surface area contributed by atoms with Crippen LogP contribution in [0.15, 0.2) is 48.5 Å². The third kappa shape index (κ3) is 8.71.